The summed E-state index contributed by atoms with van der Waals surface area (Å²) in [6.07, 6.45) is 0.549. The minimum atomic E-state index is -3.77. The van der Waals surface area contributed by atoms with E-state index in [1.54, 1.807) is 0 Å². The lowest BCUT2D eigenvalue weighted by molar-refractivity contribution is -0.140. The second-order valence-electron chi connectivity index (χ2n) is 4.16. The Morgan fingerprint density at radius 2 is 1.85 bits per heavy atom. The molecule has 0 aromatic carbocycles. The zero-order chi connectivity index (χ0) is 15.8. The monoisotopic (exact) mass is 309 g/mol. The fraction of sp³-hybridized carbons (Fsp3) is 0.818. The SMILES string of the molecule is CCCN(CC(=O)NC)S(=O)(=O)N(C)CCC(=O)OC. The van der Waals surface area contributed by atoms with Crippen LogP contribution in [0.5, 0.6) is 0 Å². The van der Waals surface area contributed by atoms with E-state index in [-0.39, 0.29) is 32.0 Å². The molecule has 1 N–H and O–H groups in total. The maximum Gasteiger partial charge on any atom is 0.306 e. The van der Waals surface area contributed by atoms with Gasteiger partial charge in [0, 0.05) is 27.2 Å². The van der Waals surface area contributed by atoms with E-state index in [0.717, 1.165) is 8.61 Å². The van der Waals surface area contributed by atoms with Gasteiger partial charge in [-0.25, -0.2) is 0 Å². The Bertz CT molecular complexity index is 424. The Labute approximate surface area is 120 Å². The molecule has 118 valence electrons. The molecule has 0 aliphatic carbocycles. The second-order valence-corrected chi connectivity index (χ2v) is 6.20. The summed E-state index contributed by atoms with van der Waals surface area (Å²) in [5.41, 5.74) is 0. The Morgan fingerprint density at radius 3 is 2.30 bits per heavy atom. The lowest BCUT2D eigenvalue weighted by Crippen LogP contribution is -2.46. The number of methoxy groups -OCH3 is 1. The Kier molecular flexibility index (Phi) is 8.35. The largest absolute Gasteiger partial charge is 0.469 e. The summed E-state index contributed by atoms with van der Waals surface area (Å²) in [6.45, 7) is 1.82. The molecule has 0 saturated heterocycles. The molecule has 0 fully saturated rings. The van der Waals surface area contributed by atoms with Gasteiger partial charge < -0.3 is 10.1 Å². The molecule has 0 saturated carbocycles. The summed E-state index contributed by atoms with van der Waals surface area (Å²) in [6, 6.07) is 0. The van der Waals surface area contributed by atoms with Crippen LogP contribution in [0.2, 0.25) is 0 Å². The highest BCUT2D eigenvalue weighted by Crippen LogP contribution is 2.08. The van der Waals surface area contributed by atoms with Crippen molar-refractivity contribution in [3.05, 3.63) is 0 Å². The number of carbonyl (C=O) groups excluding carboxylic acids is 2. The first-order chi connectivity index (χ1) is 9.29. The van der Waals surface area contributed by atoms with Crippen molar-refractivity contribution in [3.8, 4) is 0 Å². The number of amides is 1. The first-order valence-electron chi connectivity index (χ1n) is 6.28. The number of esters is 1. The fourth-order valence-corrected chi connectivity index (χ4v) is 2.84. The van der Waals surface area contributed by atoms with Crippen LogP contribution in [0.15, 0.2) is 0 Å². The van der Waals surface area contributed by atoms with E-state index >= 15 is 0 Å². The van der Waals surface area contributed by atoms with Crippen LogP contribution in [0.3, 0.4) is 0 Å². The second kappa shape index (κ2) is 8.88. The molecule has 0 aliphatic rings. The zero-order valence-electron chi connectivity index (χ0n) is 12.4. The maximum absolute atomic E-state index is 12.3. The molecule has 0 aliphatic heterocycles. The van der Waals surface area contributed by atoms with Gasteiger partial charge in [-0.15, -0.1) is 0 Å². The van der Waals surface area contributed by atoms with Crippen LogP contribution >= 0.6 is 0 Å². The van der Waals surface area contributed by atoms with Gasteiger partial charge in [-0.1, -0.05) is 6.92 Å². The summed E-state index contributed by atoms with van der Waals surface area (Å²) in [5, 5.41) is 2.39. The zero-order valence-corrected chi connectivity index (χ0v) is 13.2. The molecule has 0 rings (SSSR count). The third-order valence-electron chi connectivity index (χ3n) is 2.65. The van der Waals surface area contributed by atoms with Gasteiger partial charge in [-0.2, -0.15) is 17.0 Å². The molecule has 0 atom stereocenters. The predicted molar refractivity (Wildman–Crippen MR) is 74.1 cm³/mol. The van der Waals surface area contributed by atoms with Gasteiger partial charge in [-0.05, 0) is 6.42 Å². The normalized spacial score (nSPS) is 11.7. The van der Waals surface area contributed by atoms with Gasteiger partial charge in [0.2, 0.25) is 5.91 Å². The standard InChI is InChI=1S/C11H23N3O5S/c1-5-7-14(9-10(15)12-2)20(17,18)13(3)8-6-11(16)19-4/h5-9H2,1-4H3,(H,12,15). The molecular formula is C11H23N3O5S. The topological polar surface area (TPSA) is 96.0 Å². The highest BCUT2D eigenvalue weighted by molar-refractivity contribution is 7.86. The van der Waals surface area contributed by atoms with Crippen LogP contribution in [-0.4, -0.2) is 69.7 Å². The average molecular weight is 309 g/mol. The third-order valence-corrected chi connectivity index (χ3v) is 4.59. The van der Waals surface area contributed by atoms with Crippen molar-refractivity contribution in [3.63, 3.8) is 0 Å². The average Bonchev–Trinajstić information content (AvgIpc) is 2.43. The molecule has 0 aromatic rings. The van der Waals surface area contributed by atoms with Crippen molar-refractivity contribution in [2.24, 2.45) is 0 Å². The minimum Gasteiger partial charge on any atom is -0.469 e. The van der Waals surface area contributed by atoms with Crippen molar-refractivity contribution in [2.45, 2.75) is 19.8 Å². The van der Waals surface area contributed by atoms with Crippen LogP contribution in [0, 0.1) is 0 Å². The number of ether oxygens (including phenoxy) is 1. The molecule has 0 heterocycles. The summed E-state index contributed by atoms with van der Waals surface area (Å²) in [4.78, 5) is 22.4. The van der Waals surface area contributed by atoms with Crippen molar-refractivity contribution in [2.75, 3.05) is 40.8 Å². The van der Waals surface area contributed by atoms with Crippen molar-refractivity contribution in [1.29, 1.82) is 0 Å². The number of hydrogen-bond acceptors (Lipinski definition) is 5. The first kappa shape index (κ1) is 18.8. The molecule has 0 radical (unpaired) electrons. The van der Waals surface area contributed by atoms with E-state index in [2.05, 4.69) is 10.1 Å². The lowest BCUT2D eigenvalue weighted by Gasteiger charge is -2.26. The number of nitrogens with one attached hydrogen (secondary N) is 1. The van der Waals surface area contributed by atoms with Gasteiger partial charge in [-0.3, -0.25) is 9.59 Å². The molecule has 20 heavy (non-hydrogen) atoms. The van der Waals surface area contributed by atoms with E-state index in [1.807, 2.05) is 6.92 Å². The Balaban J connectivity index is 4.83. The van der Waals surface area contributed by atoms with Crippen molar-refractivity contribution in [1.82, 2.24) is 13.9 Å². The third kappa shape index (κ3) is 5.85. The van der Waals surface area contributed by atoms with E-state index in [9.17, 15) is 18.0 Å². The Hall–Kier alpha value is -1.19. The van der Waals surface area contributed by atoms with Crippen LogP contribution < -0.4 is 5.32 Å². The number of carbonyl (C=O) groups is 2. The predicted octanol–water partition coefficient (Wildman–Crippen LogP) is -0.816. The molecule has 8 nitrogen and oxygen atoms in total. The lowest BCUT2D eigenvalue weighted by atomic mass is 10.4. The molecule has 9 heteroatoms. The van der Waals surface area contributed by atoms with Crippen molar-refractivity contribution < 1.29 is 22.7 Å². The summed E-state index contributed by atoms with van der Waals surface area (Å²) in [5.74, 6) is -0.871. The quantitative estimate of drug-likeness (QED) is 0.562. The van der Waals surface area contributed by atoms with Gasteiger partial charge in [0.15, 0.2) is 0 Å². The van der Waals surface area contributed by atoms with Crippen LogP contribution in [0.1, 0.15) is 19.8 Å². The molecule has 1 amide bonds. The minimum absolute atomic E-state index is 0.00294. The fourth-order valence-electron chi connectivity index (χ4n) is 1.43. The number of rotatable bonds is 9. The molecule has 0 unspecified atom stereocenters. The van der Waals surface area contributed by atoms with E-state index in [1.165, 1.54) is 21.2 Å². The van der Waals surface area contributed by atoms with Crippen LogP contribution in [0.25, 0.3) is 0 Å². The highest BCUT2D eigenvalue weighted by atomic mass is 32.2. The van der Waals surface area contributed by atoms with Crippen LogP contribution in [-0.2, 0) is 24.5 Å². The summed E-state index contributed by atoms with van der Waals surface area (Å²) in [7, 11) is 0.278. The molecule has 0 aromatic heterocycles. The van der Waals surface area contributed by atoms with Gasteiger partial charge in [0.25, 0.3) is 10.2 Å². The van der Waals surface area contributed by atoms with E-state index in [4.69, 9.17) is 0 Å². The number of likely N-dealkylation sites (N-methyl/N-ethyl adjacent to an activating group) is 1. The maximum atomic E-state index is 12.3. The van der Waals surface area contributed by atoms with Gasteiger partial charge in [0.1, 0.15) is 0 Å². The highest BCUT2D eigenvalue weighted by Gasteiger charge is 2.28. The van der Waals surface area contributed by atoms with Crippen LogP contribution in [0.4, 0.5) is 0 Å². The van der Waals surface area contributed by atoms with E-state index in [0.29, 0.717) is 6.42 Å². The smallest absolute Gasteiger partial charge is 0.306 e. The van der Waals surface area contributed by atoms with Crippen molar-refractivity contribution >= 4 is 22.1 Å². The molecular weight excluding hydrogens is 286 g/mol. The summed E-state index contributed by atoms with van der Waals surface area (Å²) >= 11 is 0. The molecule has 0 spiro atoms. The number of hydrogen-bond donors (Lipinski definition) is 1. The Morgan fingerprint density at radius 1 is 1.25 bits per heavy atom. The van der Waals surface area contributed by atoms with Gasteiger partial charge >= 0.3 is 5.97 Å². The number of nitrogens with zero attached hydrogens (tertiary/aromatic N) is 2. The molecule has 0 bridgehead atoms. The van der Waals surface area contributed by atoms with Gasteiger partial charge in [0.05, 0.1) is 20.1 Å². The van der Waals surface area contributed by atoms with E-state index < -0.39 is 16.2 Å². The first-order valence-corrected chi connectivity index (χ1v) is 7.68. The summed E-state index contributed by atoms with van der Waals surface area (Å²) < 4.78 is 31.2.